The lowest BCUT2D eigenvalue weighted by molar-refractivity contribution is 0.326. The SMILES string of the molecule is CC[Si](CC)(CC)O[Si]1(O[Si](CC)(CC)CC)n2c3c4cc5cc(Cl)ccc5cc4c2/N=C2N=C(/N=c4/c5cc6cc(Cl)ccc6cc5/c(n41)=N/C1=NC(=N\3)/c3cc4ccc(Cl)cc4cc31)c1cc3ccc(Cl)cc3cc1\2. The number of fused-ring (bicyclic) bond motifs is 18. The van der Waals surface area contributed by atoms with Gasteiger partial charge < -0.3 is 8.23 Å². The fourth-order valence-corrected chi connectivity index (χ4v) is 27.9. The number of hydrogen-bond donors (Lipinski definition) is 0. The molecular weight excluding hydrogens is 1090 g/mol. The molecule has 0 spiro atoms. The molecule has 0 unspecified atom stereocenters. The Morgan fingerprint density at radius 1 is 0.351 bits per heavy atom. The zero-order valence-electron chi connectivity index (χ0n) is 43.2. The van der Waals surface area contributed by atoms with Crippen molar-refractivity contribution in [3.05, 3.63) is 175 Å². The summed E-state index contributed by atoms with van der Waals surface area (Å²) < 4.78 is 22.0. The predicted octanol–water partition coefficient (Wildman–Crippen LogP) is 16.6. The number of nitrogens with zero attached hydrogens (tertiary/aromatic N) is 8. The Kier molecular flexibility index (Phi) is 11.5. The van der Waals surface area contributed by atoms with Gasteiger partial charge in [-0.05, 0) is 176 Å². The smallest absolute Gasteiger partial charge is 0.404 e. The van der Waals surface area contributed by atoms with E-state index in [-0.39, 0.29) is 0 Å². The van der Waals surface area contributed by atoms with Crippen molar-refractivity contribution in [2.45, 2.75) is 77.8 Å². The molecule has 0 saturated heterocycles. The van der Waals surface area contributed by atoms with Gasteiger partial charge in [-0.25, -0.2) is 30.0 Å². The van der Waals surface area contributed by atoms with E-state index in [1.165, 1.54) is 0 Å². The van der Waals surface area contributed by atoms with Gasteiger partial charge in [0.1, 0.15) is 22.6 Å². The Morgan fingerprint density at radius 2 is 0.649 bits per heavy atom. The summed E-state index contributed by atoms with van der Waals surface area (Å²) in [7, 11) is -10.2. The second-order valence-corrected chi connectivity index (χ2v) is 35.1. The number of halogens is 4. The van der Waals surface area contributed by atoms with Crippen molar-refractivity contribution >= 4 is 172 Å². The molecule has 6 heterocycles. The van der Waals surface area contributed by atoms with Crippen LogP contribution in [0, 0.1) is 0 Å². The molecule has 0 aliphatic carbocycles. The average molecular weight is 1140 g/mol. The van der Waals surface area contributed by atoms with Crippen LogP contribution in [-0.4, -0.2) is 57.3 Å². The van der Waals surface area contributed by atoms with Crippen molar-refractivity contribution in [1.82, 2.24) is 8.47 Å². The van der Waals surface area contributed by atoms with E-state index in [1.54, 1.807) is 0 Å². The summed E-state index contributed by atoms with van der Waals surface area (Å²) >= 11 is 27.2. The molecule has 14 rings (SSSR count). The van der Waals surface area contributed by atoms with E-state index in [4.69, 9.17) is 84.6 Å². The predicted molar refractivity (Wildman–Crippen MR) is 328 cm³/mol. The maximum Gasteiger partial charge on any atom is 0.582 e. The number of rotatable bonds is 10. The van der Waals surface area contributed by atoms with Crippen LogP contribution < -0.4 is 11.0 Å². The summed E-state index contributed by atoms with van der Waals surface area (Å²) in [5, 5.41) is 13.7. The number of aromatic nitrogens is 2. The van der Waals surface area contributed by atoms with E-state index in [9.17, 15) is 0 Å². The van der Waals surface area contributed by atoms with Gasteiger partial charge in [-0.1, -0.05) is 112 Å². The van der Waals surface area contributed by atoms with Gasteiger partial charge in [0.15, 0.2) is 40.0 Å². The molecule has 10 aromatic rings. The Bertz CT molecular complexity index is 4540. The van der Waals surface area contributed by atoms with Crippen molar-refractivity contribution in [1.29, 1.82) is 0 Å². The van der Waals surface area contributed by atoms with Gasteiger partial charge in [-0.3, -0.25) is 8.47 Å². The second-order valence-electron chi connectivity index (χ2n) is 20.7. The highest BCUT2D eigenvalue weighted by molar-refractivity contribution is 6.89. The molecule has 10 nitrogen and oxygen atoms in total. The Morgan fingerprint density at radius 3 is 1.03 bits per heavy atom. The van der Waals surface area contributed by atoms with Gasteiger partial charge in [0.25, 0.3) is 0 Å². The fourth-order valence-electron chi connectivity index (χ4n) is 12.2. The van der Waals surface area contributed by atoms with E-state index in [0.717, 1.165) is 123 Å². The van der Waals surface area contributed by atoms with Crippen LogP contribution in [0.2, 0.25) is 56.4 Å². The molecule has 0 radical (unpaired) electrons. The minimum absolute atomic E-state index is 0.504. The third kappa shape index (κ3) is 7.45. The highest BCUT2D eigenvalue weighted by Gasteiger charge is 2.59. The zero-order chi connectivity index (χ0) is 52.9. The Balaban J connectivity index is 1.30. The van der Waals surface area contributed by atoms with Gasteiger partial charge in [-0.2, -0.15) is 0 Å². The van der Waals surface area contributed by atoms with Crippen LogP contribution in [0.15, 0.2) is 151 Å². The van der Waals surface area contributed by atoms with E-state index in [1.807, 2.05) is 60.7 Å². The lowest BCUT2D eigenvalue weighted by Gasteiger charge is -2.45. The molecule has 2 aromatic heterocycles. The number of benzene rings is 8. The van der Waals surface area contributed by atoms with Crippen LogP contribution in [0.4, 0.5) is 11.6 Å². The zero-order valence-corrected chi connectivity index (χ0v) is 49.2. The van der Waals surface area contributed by atoms with Crippen molar-refractivity contribution in [3.63, 3.8) is 0 Å². The lowest BCUT2D eigenvalue weighted by atomic mass is 10.0. The molecule has 0 saturated carbocycles. The first-order chi connectivity index (χ1) is 37.3. The molecular formula is C60H50Cl4N8O2Si3. The molecule has 17 heteroatoms. The molecule has 77 heavy (non-hydrogen) atoms. The molecule has 0 N–H and O–H groups in total. The molecule has 382 valence electrons. The summed E-state index contributed by atoms with van der Waals surface area (Å²) in [5.74, 6) is 3.25. The topological polar surface area (TPSA) is 102 Å². The average Bonchev–Trinajstić information content (AvgIpc) is 4.20. The van der Waals surface area contributed by atoms with Gasteiger partial charge in [0, 0.05) is 63.9 Å². The Labute approximate surface area is 467 Å². The van der Waals surface area contributed by atoms with E-state index in [2.05, 4.69) is 111 Å². The van der Waals surface area contributed by atoms with Crippen LogP contribution in [0.3, 0.4) is 0 Å². The molecule has 4 aliphatic heterocycles. The highest BCUT2D eigenvalue weighted by atomic mass is 35.5. The molecule has 0 amide bonds. The molecule has 0 atom stereocenters. The van der Waals surface area contributed by atoms with E-state index >= 15 is 0 Å². The first-order valence-electron chi connectivity index (χ1n) is 26.5. The maximum atomic E-state index is 8.70. The van der Waals surface area contributed by atoms with Crippen LogP contribution in [0.1, 0.15) is 63.8 Å². The van der Waals surface area contributed by atoms with Crippen molar-refractivity contribution < 1.29 is 8.23 Å². The van der Waals surface area contributed by atoms with Gasteiger partial charge in [0.05, 0.1) is 0 Å². The quantitative estimate of drug-likeness (QED) is 0.127. The van der Waals surface area contributed by atoms with Crippen molar-refractivity contribution in [2.24, 2.45) is 30.0 Å². The van der Waals surface area contributed by atoms with Crippen LogP contribution in [-0.2, 0) is 8.23 Å². The summed E-state index contributed by atoms with van der Waals surface area (Å²) in [6.07, 6.45) is 0. The van der Waals surface area contributed by atoms with Crippen LogP contribution in [0.5, 0.6) is 0 Å². The number of amidine groups is 4. The first kappa shape index (κ1) is 49.2. The molecule has 8 aromatic carbocycles. The highest BCUT2D eigenvalue weighted by Crippen LogP contribution is 2.48. The van der Waals surface area contributed by atoms with Crippen LogP contribution >= 0.6 is 46.4 Å². The maximum absolute atomic E-state index is 8.70. The molecule has 0 fully saturated rings. The monoisotopic (exact) mass is 1140 g/mol. The molecule has 4 aliphatic rings. The summed E-state index contributed by atoms with van der Waals surface area (Å²) in [5.41, 5.74) is 4.55. The van der Waals surface area contributed by atoms with Gasteiger partial charge in [-0.15, -0.1) is 0 Å². The van der Waals surface area contributed by atoms with E-state index < -0.39 is 25.5 Å². The molecule has 6 bridgehead atoms. The normalized spacial score (nSPS) is 17.6. The third-order valence-corrected chi connectivity index (χ3v) is 33.2. The largest absolute Gasteiger partial charge is 0.582 e. The van der Waals surface area contributed by atoms with Crippen molar-refractivity contribution in [2.75, 3.05) is 0 Å². The van der Waals surface area contributed by atoms with E-state index in [0.29, 0.717) is 66.0 Å². The third-order valence-electron chi connectivity index (χ3n) is 16.9. The number of hydrogen-bond acceptors (Lipinski definition) is 8. The van der Waals surface area contributed by atoms with Gasteiger partial charge >= 0.3 is 8.88 Å². The van der Waals surface area contributed by atoms with Crippen LogP contribution in [0.25, 0.3) is 64.6 Å². The summed E-state index contributed by atoms with van der Waals surface area (Å²) in [4.78, 5) is 34.6. The number of aliphatic imine (C=N–C) groups is 4. The van der Waals surface area contributed by atoms with Crippen molar-refractivity contribution in [3.8, 4) is 0 Å². The summed E-state index contributed by atoms with van der Waals surface area (Å²) in [6, 6.07) is 46.4. The Hall–Kier alpha value is -6.11. The second kappa shape index (κ2) is 18.0. The fraction of sp³-hybridized carbons (Fsp3) is 0.200. The minimum Gasteiger partial charge on any atom is -0.404 e. The lowest BCUT2D eigenvalue weighted by Crippen LogP contribution is -2.71. The minimum atomic E-state index is -4.53. The standard InChI is InChI=1S/C60H50Cl4N8O2Si3/c1-7-75(8-2,9-3)73-77(74-76(10-4,11-5)12-6)71-58-49-27-35-15-19-43(63)23-39(35)31-51(49)59(71)67-53-45-25-33-13-17-41(61)21-37(33)29-47(45)55(65-53)69-57-50-28-36-16-20-44(64)24-40(36)32-52(50)60(72(57)77)68-54-46-26-34-14-18-42(62)22-38(34)30-48(46)56(66-54)70-58/h13-32H,7-12H2,1-6H3/b67-53-,67-59?,68-54?,68-60-,69-55?,69-57-,70-56-,70-58?. The summed E-state index contributed by atoms with van der Waals surface area (Å²) in [6.45, 7) is 13.7. The van der Waals surface area contributed by atoms with Gasteiger partial charge in [0.2, 0.25) is 0 Å². The first-order valence-corrected chi connectivity index (χ1v) is 34.8.